The van der Waals surface area contributed by atoms with Crippen LogP contribution in [0, 0.1) is 6.92 Å². The van der Waals surface area contributed by atoms with E-state index in [1.165, 1.54) is 0 Å². The lowest BCUT2D eigenvalue weighted by Crippen LogP contribution is -2.38. The number of carbonyl (C=O) groups excluding carboxylic acids is 1. The highest BCUT2D eigenvalue weighted by Crippen LogP contribution is 2.22. The summed E-state index contributed by atoms with van der Waals surface area (Å²) in [5.41, 5.74) is 1.72. The van der Waals surface area contributed by atoms with Crippen LogP contribution in [0.1, 0.15) is 31.7 Å². The van der Waals surface area contributed by atoms with Crippen molar-refractivity contribution in [3.8, 4) is 0 Å². The second-order valence-corrected chi connectivity index (χ2v) is 6.27. The normalized spacial score (nSPS) is 20.5. The number of likely N-dealkylation sites (tertiary alicyclic amines) is 1. The van der Waals surface area contributed by atoms with Gasteiger partial charge in [-0.3, -0.25) is 9.69 Å². The van der Waals surface area contributed by atoms with E-state index < -0.39 is 0 Å². The van der Waals surface area contributed by atoms with Gasteiger partial charge in [-0.05, 0) is 57.4 Å². The van der Waals surface area contributed by atoms with E-state index in [1.54, 1.807) is 13.0 Å². The van der Waals surface area contributed by atoms with Crippen molar-refractivity contribution in [1.29, 1.82) is 0 Å². The van der Waals surface area contributed by atoms with Crippen LogP contribution in [-0.4, -0.2) is 41.1 Å². The Bertz CT molecular complexity index is 505. The molecule has 21 heavy (non-hydrogen) atoms. The molecule has 2 rings (SSSR count). The van der Waals surface area contributed by atoms with E-state index in [9.17, 15) is 9.90 Å². The van der Waals surface area contributed by atoms with Crippen molar-refractivity contribution in [1.82, 2.24) is 4.90 Å². The Morgan fingerprint density at radius 1 is 1.57 bits per heavy atom. The van der Waals surface area contributed by atoms with Gasteiger partial charge in [0.2, 0.25) is 5.91 Å². The Balaban J connectivity index is 1.90. The SMILES string of the molecule is Cc1ccc(NC(=O)CN2CCCC2CC(C)O)cc1Cl. The van der Waals surface area contributed by atoms with E-state index in [-0.39, 0.29) is 12.0 Å². The highest BCUT2D eigenvalue weighted by atomic mass is 35.5. The molecule has 0 bridgehead atoms. The summed E-state index contributed by atoms with van der Waals surface area (Å²) in [6.45, 7) is 5.01. The third kappa shape index (κ3) is 4.70. The summed E-state index contributed by atoms with van der Waals surface area (Å²) < 4.78 is 0. The number of aryl methyl sites for hydroxylation is 1. The van der Waals surface area contributed by atoms with E-state index in [0.29, 0.717) is 17.6 Å². The van der Waals surface area contributed by atoms with Crippen LogP contribution in [0.4, 0.5) is 5.69 Å². The Labute approximate surface area is 131 Å². The predicted octanol–water partition coefficient (Wildman–Crippen LogP) is 2.82. The monoisotopic (exact) mass is 310 g/mol. The third-order valence-corrected chi connectivity index (χ3v) is 4.32. The number of benzene rings is 1. The predicted molar refractivity (Wildman–Crippen MR) is 85.7 cm³/mol. The summed E-state index contributed by atoms with van der Waals surface area (Å²) >= 11 is 6.06. The fraction of sp³-hybridized carbons (Fsp3) is 0.562. The van der Waals surface area contributed by atoms with Gasteiger partial charge >= 0.3 is 0 Å². The fourth-order valence-corrected chi connectivity index (χ4v) is 3.00. The minimum Gasteiger partial charge on any atom is -0.393 e. The van der Waals surface area contributed by atoms with Gasteiger partial charge < -0.3 is 10.4 Å². The summed E-state index contributed by atoms with van der Waals surface area (Å²) in [7, 11) is 0. The smallest absolute Gasteiger partial charge is 0.238 e. The van der Waals surface area contributed by atoms with E-state index in [0.717, 1.165) is 37.1 Å². The maximum absolute atomic E-state index is 12.1. The van der Waals surface area contributed by atoms with Gasteiger partial charge in [-0.1, -0.05) is 17.7 Å². The maximum atomic E-state index is 12.1. The Morgan fingerprint density at radius 2 is 2.33 bits per heavy atom. The molecule has 0 saturated carbocycles. The molecule has 0 aromatic heterocycles. The van der Waals surface area contributed by atoms with Crippen LogP contribution in [0.3, 0.4) is 0 Å². The van der Waals surface area contributed by atoms with Crippen LogP contribution < -0.4 is 5.32 Å². The number of aliphatic hydroxyl groups is 1. The van der Waals surface area contributed by atoms with Crippen molar-refractivity contribution < 1.29 is 9.90 Å². The number of nitrogens with one attached hydrogen (secondary N) is 1. The van der Waals surface area contributed by atoms with Gasteiger partial charge in [0.25, 0.3) is 0 Å². The molecule has 4 nitrogen and oxygen atoms in total. The highest BCUT2D eigenvalue weighted by Gasteiger charge is 2.27. The lowest BCUT2D eigenvalue weighted by Gasteiger charge is -2.24. The first-order valence-electron chi connectivity index (χ1n) is 7.44. The van der Waals surface area contributed by atoms with Gasteiger partial charge in [0.05, 0.1) is 12.6 Å². The molecule has 2 unspecified atom stereocenters. The fourth-order valence-electron chi connectivity index (χ4n) is 2.82. The van der Waals surface area contributed by atoms with Crippen molar-refractivity contribution in [2.75, 3.05) is 18.4 Å². The zero-order chi connectivity index (χ0) is 15.4. The Hall–Kier alpha value is -1.10. The summed E-state index contributed by atoms with van der Waals surface area (Å²) in [6, 6.07) is 5.82. The Morgan fingerprint density at radius 3 is 3.00 bits per heavy atom. The molecule has 1 aromatic rings. The molecule has 1 aliphatic heterocycles. The number of hydrogen-bond donors (Lipinski definition) is 2. The second kappa shape index (κ2) is 7.25. The van der Waals surface area contributed by atoms with Crippen molar-refractivity contribution in [2.24, 2.45) is 0 Å². The molecule has 0 aliphatic carbocycles. The maximum Gasteiger partial charge on any atom is 0.238 e. The van der Waals surface area contributed by atoms with Gasteiger partial charge in [-0.25, -0.2) is 0 Å². The van der Waals surface area contributed by atoms with Gasteiger partial charge in [0.1, 0.15) is 0 Å². The highest BCUT2D eigenvalue weighted by molar-refractivity contribution is 6.31. The molecule has 1 aromatic carbocycles. The second-order valence-electron chi connectivity index (χ2n) is 5.86. The van der Waals surface area contributed by atoms with Crippen LogP contribution in [-0.2, 0) is 4.79 Å². The first-order chi connectivity index (χ1) is 9.95. The minimum absolute atomic E-state index is 0.0348. The third-order valence-electron chi connectivity index (χ3n) is 3.91. The number of nitrogens with zero attached hydrogens (tertiary/aromatic N) is 1. The zero-order valence-corrected chi connectivity index (χ0v) is 13.4. The summed E-state index contributed by atoms with van der Waals surface area (Å²) in [5.74, 6) is -0.0348. The summed E-state index contributed by atoms with van der Waals surface area (Å²) in [5, 5.41) is 13.1. The zero-order valence-electron chi connectivity index (χ0n) is 12.6. The van der Waals surface area contributed by atoms with Crippen molar-refractivity contribution in [2.45, 2.75) is 45.3 Å². The van der Waals surface area contributed by atoms with Gasteiger partial charge in [-0.2, -0.15) is 0 Å². The number of amides is 1. The first-order valence-corrected chi connectivity index (χ1v) is 7.81. The van der Waals surface area contributed by atoms with Crippen molar-refractivity contribution in [3.63, 3.8) is 0 Å². The molecule has 1 aliphatic rings. The first kappa shape index (κ1) is 16.3. The van der Waals surface area contributed by atoms with Crippen molar-refractivity contribution in [3.05, 3.63) is 28.8 Å². The minimum atomic E-state index is -0.324. The van der Waals surface area contributed by atoms with Crippen molar-refractivity contribution >= 4 is 23.2 Å². The molecular weight excluding hydrogens is 288 g/mol. The summed E-state index contributed by atoms with van der Waals surface area (Å²) in [6.07, 6.45) is 2.54. The molecule has 0 spiro atoms. The molecule has 1 saturated heterocycles. The number of aliphatic hydroxyl groups excluding tert-OH is 1. The van der Waals surface area contributed by atoms with E-state index >= 15 is 0 Å². The van der Waals surface area contributed by atoms with Gasteiger partial charge in [0.15, 0.2) is 0 Å². The van der Waals surface area contributed by atoms with Crippen LogP contribution in [0.15, 0.2) is 18.2 Å². The number of anilines is 1. The van der Waals surface area contributed by atoms with Crippen LogP contribution in [0.2, 0.25) is 5.02 Å². The molecule has 1 fully saturated rings. The molecule has 1 heterocycles. The lowest BCUT2D eigenvalue weighted by molar-refractivity contribution is -0.117. The molecule has 2 N–H and O–H groups in total. The number of halogens is 1. The number of rotatable bonds is 5. The van der Waals surface area contributed by atoms with E-state index in [1.807, 2.05) is 19.1 Å². The Kier molecular flexibility index (Phi) is 5.62. The molecule has 0 radical (unpaired) electrons. The van der Waals surface area contributed by atoms with Crippen LogP contribution in [0.5, 0.6) is 0 Å². The van der Waals surface area contributed by atoms with E-state index in [4.69, 9.17) is 11.6 Å². The largest absolute Gasteiger partial charge is 0.393 e. The molecular formula is C16H23ClN2O2. The molecule has 116 valence electrons. The number of carbonyl (C=O) groups is 1. The quantitative estimate of drug-likeness (QED) is 0.879. The standard InChI is InChI=1S/C16H23ClN2O2/c1-11-5-6-13(9-15(11)17)18-16(21)10-19-7-3-4-14(19)8-12(2)20/h5-6,9,12,14,20H,3-4,7-8,10H2,1-2H3,(H,18,21). The molecule has 2 atom stereocenters. The lowest BCUT2D eigenvalue weighted by atomic mass is 10.1. The molecule has 1 amide bonds. The van der Waals surface area contributed by atoms with Gasteiger partial charge in [0, 0.05) is 16.8 Å². The van der Waals surface area contributed by atoms with E-state index in [2.05, 4.69) is 10.2 Å². The average molecular weight is 311 g/mol. The summed E-state index contributed by atoms with van der Waals surface area (Å²) in [4.78, 5) is 14.3. The topological polar surface area (TPSA) is 52.6 Å². The molecule has 5 heteroatoms. The van der Waals surface area contributed by atoms with Gasteiger partial charge in [-0.15, -0.1) is 0 Å². The average Bonchev–Trinajstić information content (AvgIpc) is 2.80. The number of hydrogen-bond acceptors (Lipinski definition) is 3. The van der Waals surface area contributed by atoms with Crippen LogP contribution in [0.25, 0.3) is 0 Å². The van der Waals surface area contributed by atoms with Crippen LogP contribution >= 0.6 is 11.6 Å².